The summed E-state index contributed by atoms with van der Waals surface area (Å²) in [5.41, 5.74) is 3.94. The van der Waals surface area contributed by atoms with Gasteiger partial charge in [-0.15, -0.1) is 0 Å². The van der Waals surface area contributed by atoms with Gasteiger partial charge in [0.1, 0.15) is 0 Å². The first-order valence-corrected chi connectivity index (χ1v) is 15.7. The summed E-state index contributed by atoms with van der Waals surface area (Å²) in [6.45, 7) is 18.7. The highest BCUT2D eigenvalue weighted by atomic mass is 28.4. The lowest BCUT2D eigenvalue weighted by Gasteiger charge is -2.42. The third kappa shape index (κ3) is 6.70. The van der Waals surface area contributed by atoms with Gasteiger partial charge in [0.2, 0.25) is 0 Å². The molecule has 1 fully saturated rings. The second kappa shape index (κ2) is 12.7. The minimum absolute atomic E-state index is 0.443. The first kappa shape index (κ1) is 27.6. The van der Waals surface area contributed by atoms with Crippen molar-refractivity contribution in [3.05, 3.63) is 35.9 Å². The van der Waals surface area contributed by atoms with Gasteiger partial charge in [0.25, 0.3) is 0 Å². The van der Waals surface area contributed by atoms with E-state index in [4.69, 9.17) is 4.43 Å². The maximum absolute atomic E-state index is 6.80. The standard InChI is InChI=1S/C29H53NOSi/c1-9-10-15-20-29(30(8)23-27-17-12-11-13-18-27)22-28(29)19-14-16-21-31-32(24(2)3,25(4)5)26(6)7/h11-13,17-18,24-26,28H,9-10,14-16,19-23H2,1-8H3. The lowest BCUT2D eigenvalue weighted by Crippen LogP contribution is -2.47. The molecule has 0 N–H and O–H groups in total. The van der Waals surface area contributed by atoms with E-state index in [1.165, 1.54) is 56.9 Å². The molecule has 2 unspecified atom stereocenters. The molecule has 0 saturated heterocycles. The van der Waals surface area contributed by atoms with Gasteiger partial charge in [-0.3, -0.25) is 4.90 Å². The van der Waals surface area contributed by atoms with E-state index in [0.717, 1.165) is 19.1 Å². The SMILES string of the molecule is CCCCCC1(N(C)Cc2ccccc2)CC1CCCCO[Si](C(C)C)(C(C)C)C(C)C. The zero-order valence-electron chi connectivity index (χ0n) is 22.6. The molecule has 0 aromatic heterocycles. The van der Waals surface area contributed by atoms with Crippen LogP contribution in [-0.4, -0.2) is 32.4 Å². The van der Waals surface area contributed by atoms with Crippen LogP contribution in [0.15, 0.2) is 30.3 Å². The van der Waals surface area contributed by atoms with Gasteiger partial charge in [0, 0.05) is 18.7 Å². The van der Waals surface area contributed by atoms with Crippen LogP contribution in [0.4, 0.5) is 0 Å². The predicted molar refractivity (Wildman–Crippen MR) is 144 cm³/mol. The topological polar surface area (TPSA) is 12.5 Å². The third-order valence-corrected chi connectivity index (χ3v) is 14.6. The number of rotatable bonds is 16. The van der Waals surface area contributed by atoms with Crippen LogP contribution in [0.3, 0.4) is 0 Å². The number of benzene rings is 1. The molecule has 1 aromatic carbocycles. The van der Waals surface area contributed by atoms with E-state index >= 15 is 0 Å². The summed E-state index contributed by atoms with van der Waals surface area (Å²) in [4.78, 5) is 2.69. The van der Waals surface area contributed by atoms with Crippen LogP contribution in [0, 0.1) is 5.92 Å². The van der Waals surface area contributed by atoms with Crippen molar-refractivity contribution in [2.24, 2.45) is 5.92 Å². The molecular weight excluding hydrogens is 406 g/mol. The van der Waals surface area contributed by atoms with Gasteiger partial charge < -0.3 is 4.43 Å². The lowest BCUT2D eigenvalue weighted by molar-refractivity contribution is 0.175. The predicted octanol–water partition coefficient (Wildman–Crippen LogP) is 8.82. The molecule has 0 aliphatic heterocycles. The number of unbranched alkanes of at least 4 members (excludes halogenated alkanes) is 3. The number of nitrogens with zero attached hydrogens (tertiary/aromatic N) is 1. The van der Waals surface area contributed by atoms with Gasteiger partial charge in [-0.05, 0) is 60.8 Å². The normalized spacial score (nSPS) is 21.3. The van der Waals surface area contributed by atoms with Gasteiger partial charge in [-0.2, -0.15) is 0 Å². The average molecular weight is 460 g/mol. The Labute approximate surface area is 201 Å². The minimum atomic E-state index is -1.71. The summed E-state index contributed by atoms with van der Waals surface area (Å²) >= 11 is 0. The Balaban J connectivity index is 1.87. The molecule has 1 aliphatic rings. The fourth-order valence-electron chi connectivity index (χ4n) is 6.64. The molecule has 0 radical (unpaired) electrons. The van der Waals surface area contributed by atoms with Crippen LogP contribution in [0.2, 0.25) is 16.6 Å². The van der Waals surface area contributed by atoms with Gasteiger partial charge in [0.15, 0.2) is 8.32 Å². The zero-order chi connectivity index (χ0) is 23.8. The van der Waals surface area contributed by atoms with Crippen molar-refractivity contribution in [2.45, 2.75) is 129 Å². The van der Waals surface area contributed by atoms with Crippen LogP contribution < -0.4 is 0 Å². The second-order valence-electron chi connectivity index (χ2n) is 11.5. The Morgan fingerprint density at radius 1 is 0.938 bits per heavy atom. The van der Waals surface area contributed by atoms with Crippen LogP contribution >= 0.6 is 0 Å². The molecule has 2 atom stereocenters. The summed E-state index contributed by atoms with van der Waals surface area (Å²) in [6.07, 6.45) is 10.7. The summed E-state index contributed by atoms with van der Waals surface area (Å²) in [6, 6.07) is 11.0. The number of hydrogen-bond donors (Lipinski definition) is 0. The molecule has 0 bridgehead atoms. The smallest absolute Gasteiger partial charge is 0.200 e. The van der Waals surface area contributed by atoms with Gasteiger partial charge in [-0.25, -0.2) is 0 Å². The first-order valence-electron chi connectivity index (χ1n) is 13.6. The highest BCUT2D eigenvalue weighted by Crippen LogP contribution is 2.54. The molecule has 0 spiro atoms. The maximum atomic E-state index is 6.80. The molecule has 3 heteroatoms. The minimum Gasteiger partial charge on any atom is -0.416 e. The van der Waals surface area contributed by atoms with Crippen molar-refractivity contribution in [2.75, 3.05) is 13.7 Å². The Kier molecular flexibility index (Phi) is 11.0. The van der Waals surface area contributed by atoms with Crippen LogP contribution in [0.25, 0.3) is 0 Å². The molecule has 0 amide bonds. The highest BCUT2D eigenvalue weighted by molar-refractivity contribution is 6.77. The van der Waals surface area contributed by atoms with E-state index in [-0.39, 0.29) is 0 Å². The van der Waals surface area contributed by atoms with Crippen molar-refractivity contribution in [3.63, 3.8) is 0 Å². The summed E-state index contributed by atoms with van der Waals surface area (Å²) < 4.78 is 6.80. The van der Waals surface area contributed by atoms with E-state index in [2.05, 4.69) is 90.7 Å². The summed E-state index contributed by atoms with van der Waals surface area (Å²) in [7, 11) is 0.662. The Morgan fingerprint density at radius 2 is 1.56 bits per heavy atom. The average Bonchev–Trinajstić information content (AvgIpc) is 3.45. The van der Waals surface area contributed by atoms with Crippen LogP contribution in [0.5, 0.6) is 0 Å². The summed E-state index contributed by atoms with van der Waals surface area (Å²) in [5, 5.41) is 0. The molecule has 1 saturated carbocycles. The van der Waals surface area contributed by atoms with Crippen molar-refractivity contribution in [1.29, 1.82) is 0 Å². The first-order chi connectivity index (χ1) is 15.2. The highest BCUT2D eigenvalue weighted by Gasteiger charge is 2.55. The van der Waals surface area contributed by atoms with Crippen molar-refractivity contribution < 1.29 is 4.43 Å². The van der Waals surface area contributed by atoms with E-state index < -0.39 is 8.32 Å². The molecule has 0 heterocycles. The van der Waals surface area contributed by atoms with Gasteiger partial charge in [0.05, 0.1) is 0 Å². The van der Waals surface area contributed by atoms with E-state index in [1.54, 1.807) is 0 Å². The largest absolute Gasteiger partial charge is 0.416 e. The Hall–Kier alpha value is -0.643. The van der Waals surface area contributed by atoms with Gasteiger partial charge in [-0.1, -0.05) is 104 Å². The molecule has 1 aliphatic carbocycles. The van der Waals surface area contributed by atoms with Gasteiger partial charge >= 0.3 is 0 Å². The molecular formula is C29H53NOSi. The van der Waals surface area contributed by atoms with Crippen molar-refractivity contribution in [1.82, 2.24) is 4.90 Å². The second-order valence-corrected chi connectivity index (χ2v) is 16.9. The Morgan fingerprint density at radius 3 is 2.12 bits per heavy atom. The van der Waals surface area contributed by atoms with Crippen molar-refractivity contribution >= 4 is 8.32 Å². The van der Waals surface area contributed by atoms with E-state index in [9.17, 15) is 0 Å². The molecule has 2 nitrogen and oxygen atoms in total. The van der Waals surface area contributed by atoms with Crippen LogP contribution in [-0.2, 0) is 11.0 Å². The monoisotopic (exact) mass is 459 g/mol. The zero-order valence-corrected chi connectivity index (χ0v) is 23.6. The lowest BCUT2D eigenvalue weighted by atomic mass is 9.99. The third-order valence-electron chi connectivity index (χ3n) is 8.44. The van der Waals surface area contributed by atoms with E-state index in [0.29, 0.717) is 22.2 Å². The fraction of sp³-hybridized carbons (Fsp3) is 0.793. The molecule has 184 valence electrons. The fourth-order valence-corrected chi connectivity index (χ4v) is 12.1. The molecule has 32 heavy (non-hydrogen) atoms. The van der Waals surface area contributed by atoms with Crippen molar-refractivity contribution in [3.8, 4) is 0 Å². The summed E-state index contributed by atoms with van der Waals surface area (Å²) in [5.74, 6) is 0.871. The molecule has 1 aromatic rings. The van der Waals surface area contributed by atoms with E-state index in [1.807, 2.05) is 0 Å². The van der Waals surface area contributed by atoms with Crippen LogP contribution in [0.1, 0.15) is 105 Å². The number of hydrogen-bond acceptors (Lipinski definition) is 2. The Bertz CT molecular complexity index is 622. The molecule has 2 rings (SSSR count). The maximum Gasteiger partial charge on any atom is 0.200 e. The quantitative estimate of drug-likeness (QED) is 0.181.